The minimum atomic E-state index is -0.502. The smallest absolute Gasteiger partial charge is 0.413 e. The van der Waals surface area contributed by atoms with Crippen molar-refractivity contribution in [2.24, 2.45) is 0 Å². The van der Waals surface area contributed by atoms with E-state index in [2.05, 4.69) is 30.6 Å². The number of aromatic nitrogens is 1. The van der Waals surface area contributed by atoms with Crippen LogP contribution in [0.15, 0.2) is 30.5 Å². The van der Waals surface area contributed by atoms with Gasteiger partial charge in [-0.05, 0) is 50.7 Å². The van der Waals surface area contributed by atoms with Crippen LogP contribution in [0.3, 0.4) is 0 Å². The van der Waals surface area contributed by atoms with Gasteiger partial charge in [-0.25, -0.2) is 9.78 Å². The molecule has 0 unspecified atom stereocenters. The number of ether oxygens (including phenoxy) is 1. The molecule has 0 bridgehead atoms. The second-order valence-electron chi connectivity index (χ2n) is 8.96. The van der Waals surface area contributed by atoms with Gasteiger partial charge in [0.1, 0.15) is 0 Å². The van der Waals surface area contributed by atoms with E-state index < -0.39 is 6.09 Å². The van der Waals surface area contributed by atoms with Gasteiger partial charge in [-0.2, -0.15) is 0 Å². The summed E-state index contributed by atoms with van der Waals surface area (Å²) in [5, 5.41) is 8.90. The summed E-state index contributed by atoms with van der Waals surface area (Å²) >= 11 is 1.51. The minimum absolute atomic E-state index is 0.0178. The lowest BCUT2D eigenvalue weighted by Crippen LogP contribution is -2.63. The molecule has 0 spiro atoms. The number of anilines is 1. The van der Waals surface area contributed by atoms with E-state index in [1.807, 2.05) is 25.3 Å². The molecule has 2 heterocycles. The maximum Gasteiger partial charge on any atom is 0.413 e. The van der Waals surface area contributed by atoms with Gasteiger partial charge >= 0.3 is 6.09 Å². The van der Waals surface area contributed by atoms with E-state index in [-0.39, 0.29) is 24.4 Å². The largest absolute Gasteiger partial charge is 0.453 e. The number of nitrogens with one attached hydrogen (secondary N) is 3. The zero-order chi connectivity index (χ0) is 24.1. The number of amides is 3. The average molecular weight is 486 g/mol. The van der Waals surface area contributed by atoms with Crippen molar-refractivity contribution in [2.45, 2.75) is 50.6 Å². The minimum Gasteiger partial charge on any atom is -0.453 e. The first-order chi connectivity index (χ1) is 16.4. The lowest BCUT2D eigenvalue weighted by molar-refractivity contribution is -0.122. The van der Waals surface area contributed by atoms with E-state index in [1.165, 1.54) is 23.3 Å². The number of nitrogens with zero attached hydrogens (tertiary/aromatic N) is 2. The Morgan fingerprint density at radius 3 is 2.65 bits per heavy atom. The molecule has 2 aliphatic rings. The number of hydrogen-bond donors (Lipinski definition) is 3. The van der Waals surface area contributed by atoms with E-state index in [0.29, 0.717) is 22.7 Å². The molecule has 1 aliphatic carbocycles. The van der Waals surface area contributed by atoms with Crippen LogP contribution in [0.25, 0.3) is 0 Å². The summed E-state index contributed by atoms with van der Waals surface area (Å²) in [7, 11) is 1.33. The average Bonchev–Trinajstić information content (AvgIpc) is 3.28. The number of methoxy groups -OCH3 is 1. The Bertz CT molecular complexity index is 1030. The van der Waals surface area contributed by atoms with E-state index >= 15 is 0 Å². The fourth-order valence-electron chi connectivity index (χ4n) is 4.63. The van der Waals surface area contributed by atoms with Crippen LogP contribution in [0.2, 0.25) is 0 Å². The predicted octanol–water partition coefficient (Wildman–Crippen LogP) is 2.89. The first-order valence-corrected chi connectivity index (χ1v) is 12.4. The molecule has 34 heavy (non-hydrogen) atoms. The van der Waals surface area contributed by atoms with E-state index in [1.54, 1.807) is 12.1 Å². The van der Waals surface area contributed by atoms with E-state index in [9.17, 15) is 14.4 Å². The SMILES string of the molecule is COC(=O)Nc1ncc(C2CCC(N3CC(NC(=O)CNC(=O)c4cccc(C)c4)C3)CC2)s1. The van der Waals surface area contributed by atoms with Crippen molar-refractivity contribution < 1.29 is 19.1 Å². The van der Waals surface area contributed by atoms with Crippen LogP contribution in [0.5, 0.6) is 0 Å². The van der Waals surface area contributed by atoms with Gasteiger partial charge in [0, 0.05) is 35.8 Å². The van der Waals surface area contributed by atoms with Gasteiger partial charge in [-0.3, -0.25) is 19.8 Å². The van der Waals surface area contributed by atoms with Crippen LogP contribution in [-0.4, -0.2) is 66.6 Å². The van der Waals surface area contributed by atoms with Gasteiger partial charge in [0.15, 0.2) is 5.13 Å². The monoisotopic (exact) mass is 485 g/mol. The maximum absolute atomic E-state index is 12.2. The number of thiazole rings is 1. The number of carbonyl (C=O) groups excluding carboxylic acids is 3. The lowest BCUT2D eigenvalue weighted by Gasteiger charge is -2.46. The van der Waals surface area contributed by atoms with Crippen molar-refractivity contribution >= 4 is 34.4 Å². The van der Waals surface area contributed by atoms with Crippen molar-refractivity contribution in [3.63, 3.8) is 0 Å². The van der Waals surface area contributed by atoms with Crippen LogP contribution >= 0.6 is 11.3 Å². The zero-order valence-electron chi connectivity index (χ0n) is 19.5. The summed E-state index contributed by atoms with van der Waals surface area (Å²) in [4.78, 5) is 43.7. The molecule has 1 saturated heterocycles. The number of likely N-dealkylation sites (tertiary alicyclic amines) is 1. The summed E-state index contributed by atoms with van der Waals surface area (Å²) in [5.41, 5.74) is 1.57. The Morgan fingerprint density at radius 2 is 1.94 bits per heavy atom. The van der Waals surface area contributed by atoms with Crippen molar-refractivity contribution in [1.82, 2.24) is 20.5 Å². The molecule has 3 N–H and O–H groups in total. The standard InChI is InChI=1S/C24H31N5O4S/c1-15-4-3-5-17(10-15)22(31)25-12-21(30)27-18-13-29(14-18)19-8-6-16(7-9-19)20-11-26-23(34-20)28-24(32)33-2/h3-5,10-11,16,18-19H,6-9,12-14H2,1-2H3,(H,25,31)(H,27,30)(H,26,28,32). The molecule has 9 nitrogen and oxygen atoms in total. The molecule has 3 amide bonds. The highest BCUT2D eigenvalue weighted by Crippen LogP contribution is 2.39. The van der Waals surface area contributed by atoms with Crippen molar-refractivity contribution in [3.8, 4) is 0 Å². The highest BCUT2D eigenvalue weighted by Gasteiger charge is 2.35. The Hall–Kier alpha value is -2.98. The third-order valence-corrected chi connectivity index (χ3v) is 7.57. The summed E-state index contributed by atoms with van der Waals surface area (Å²) in [5.74, 6) is 0.0756. The zero-order valence-corrected chi connectivity index (χ0v) is 20.3. The number of benzene rings is 1. The molecule has 1 aliphatic heterocycles. The van der Waals surface area contributed by atoms with Gasteiger partial charge < -0.3 is 15.4 Å². The fourth-order valence-corrected chi connectivity index (χ4v) is 5.60. The van der Waals surface area contributed by atoms with Crippen LogP contribution in [0.4, 0.5) is 9.93 Å². The number of aryl methyl sites for hydroxylation is 1. The van der Waals surface area contributed by atoms with Crippen molar-refractivity contribution in [1.29, 1.82) is 0 Å². The molecule has 0 atom stereocenters. The van der Waals surface area contributed by atoms with Gasteiger partial charge in [0.05, 0.1) is 19.7 Å². The summed E-state index contributed by atoms with van der Waals surface area (Å²) in [6.45, 7) is 3.61. The Labute approximate surface area is 203 Å². The number of rotatable bonds is 7. The molecule has 1 aromatic carbocycles. The first-order valence-electron chi connectivity index (χ1n) is 11.6. The second kappa shape index (κ2) is 11.0. The Morgan fingerprint density at radius 1 is 1.18 bits per heavy atom. The van der Waals surface area contributed by atoms with Crippen LogP contribution in [-0.2, 0) is 9.53 Å². The highest BCUT2D eigenvalue weighted by atomic mass is 32.1. The number of hydrogen-bond acceptors (Lipinski definition) is 7. The molecule has 1 saturated carbocycles. The van der Waals surface area contributed by atoms with E-state index in [0.717, 1.165) is 44.3 Å². The van der Waals surface area contributed by atoms with Crippen LogP contribution in [0, 0.1) is 6.92 Å². The first kappa shape index (κ1) is 24.2. The molecular formula is C24H31N5O4S. The summed E-state index contributed by atoms with van der Waals surface area (Å²) in [6.07, 6.45) is 5.74. The quantitative estimate of drug-likeness (QED) is 0.556. The normalized spacial score (nSPS) is 20.8. The maximum atomic E-state index is 12.2. The molecule has 1 aromatic heterocycles. The molecule has 2 fully saturated rings. The van der Waals surface area contributed by atoms with Crippen LogP contribution in [0.1, 0.15) is 52.4 Å². The molecule has 2 aromatic rings. The topological polar surface area (TPSA) is 113 Å². The molecule has 182 valence electrons. The Balaban J connectivity index is 1.13. The van der Waals surface area contributed by atoms with Crippen molar-refractivity contribution in [2.75, 3.05) is 32.1 Å². The van der Waals surface area contributed by atoms with E-state index in [4.69, 9.17) is 0 Å². The molecule has 0 radical (unpaired) electrons. The highest BCUT2D eigenvalue weighted by molar-refractivity contribution is 7.15. The lowest BCUT2D eigenvalue weighted by atomic mass is 9.83. The third kappa shape index (κ3) is 6.12. The molecular weight excluding hydrogens is 454 g/mol. The third-order valence-electron chi connectivity index (χ3n) is 6.50. The van der Waals surface area contributed by atoms with Gasteiger partial charge in [0.25, 0.3) is 5.91 Å². The fraction of sp³-hybridized carbons (Fsp3) is 0.500. The van der Waals surface area contributed by atoms with Gasteiger partial charge in [-0.15, -0.1) is 11.3 Å². The molecule has 4 rings (SSSR count). The summed E-state index contributed by atoms with van der Waals surface area (Å²) < 4.78 is 4.61. The predicted molar refractivity (Wildman–Crippen MR) is 130 cm³/mol. The number of carbonyl (C=O) groups is 3. The Kier molecular flexibility index (Phi) is 7.79. The summed E-state index contributed by atoms with van der Waals surface area (Å²) in [6, 6.07) is 7.97. The van der Waals surface area contributed by atoms with Crippen molar-refractivity contribution in [3.05, 3.63) is 46.5 Å². The second-order valence-corrected chi connectivity index (χ2v) is 10.0. The molecule has 10 heteroatoms. The van der Waals surface area contributed by atoms with Gasteiger partial charge in [-0.1, -0.05) is 17.7 Å². The van der Waals surface area contributed by atoms with Crippen LogP contribution < -0.4 is 16.0 Å². The van der Waals surface area contributed by atoms with Gasteiger partial charge in [0.2, 0.25) is 5.91 Å².